The average Bonchev–Trinajstić information content (AvgIpc) is 2.66. The Bertz CT molecular complexity index is 320. The maximum Gasteiger partial charge on any atom is 0.334 e. The third kappa shape index (κ3) is 4.45. The highest BCUT2D eigenvalue weighted by Gasteiger charge is 2.54. The smallest absolute Gasteiger partial charge is 0.334 e. The van der Waals surface area contributed by atoms with Crippen LogP contribution in [-0.2, 0) is 23.8 Å². The molecule has 0 aromatic heterocycles. The van der Waals surface area contributed by atoms with Gasteiger partial charge in [0.2, 0.25) is 4.32 Å². The summed E-state index contributed by atoms with van der Waals surface area (Å²) in [7, 11) is 0. The summed E-state index contributed by atoms with van der Waals surface area (Å²) < 4.78 is 14.1. The van der Waals surface area contributed by atoms with Crippen molar-refractivity contribution >= 4 is 27.9 Å². The highest BCUT2D eigenvalue weighted by Crippen LogP contribution is 2.35. The van der Waals surface area contributed by atoms with E-state index in [1.54, 1.807) is 6.92 Å². The van der Waals surface area contributed by atoms with E-state index < -0.39 is 22.4 Å². The Morgan fingerprint density at radius 3 is 2.84 bits per heavy atom. The van der Waals surface area contributed by atoms with E-state index in [0.29, 0.717) is 13.2 Å². The van der Waals surface area contributed by atoms with Gasteiger partial charge in [0.15, 0.2) is 0 Å². The molecule has 0 N–H and O–H groups in total. The Kier molecular flexibility index (Phi) is 6.79. The molecule has 0 radical (unpaired) electrons. The van der Waals surface area contributed by atoms with E-state index in [0.717, 1.165) is 19.3 Å². The van der Waals surface area contributed by atoms with Gasteiger partial charge in [-0.25, -0.2) is 9.59 Å². The number of cyclic esters (lactones) is 1. The Balaban J connectivity index is 2.37. The van der Waals surface area contributed by atoms with Crippen molar-refractivity contribution < 1.29 is 23.8 Å². The fourth-order valence-corrected chi connectivity index (χ4v) is 2.43. The van der Waals surface area contributed by atoms with E-state index >= 15 is 0 Å². The standard InChI is InChI=1S/C13H21BrO5/c1-3-5-6-7-17-9-10-8-13(14,12(16)19-10)11(15)18-4-2/h10H,3-9H2,1-2H3. The predicted octanol–water partition coefficient (Wildman–Crippen LogP) is 2.21. The first-order valence-corrected chi connectivity index (χ1v) is 7.48. The lowest BCUT2D eigenvalue weighted by molar-refractivity contribution is -0.154. The van der Waals surface area contributed by atoms with Crippen LogP contribution in [0.3, 0.4) is 0 Å². The zero-order chi connectivity index (χ0) is 14.3. The molecule has 1 heterocycles. The van der Waals surface area contributed by atoms with E-state index in [2.05, 4.69) is 22.9 Å². The zero-order valence-corrected chi connectivity index (χ0v) is 13.0. The second-order valence-corrected chi connectivity index (χ2v) is 5.89. The van der Waals surface area contributed by atoms with E-state index in [4.69, 9.17) is 14.2 Å². The summed E-state index contributed by atoms with van der Waals surface area (Å²) in [4.78, 5) is 23.5. The van der Waals surface area contributed by atoms with Gasteiger partial charge in [0.1, 0.15) is 6.10 Å². The van der Waals surface area contributed by atoms with Gasteiger partial charge < -0.3 is 14.2 Å². The largest absolute Gasteiger partial charge is 0.465 e. The van der Waals surface area contributed by atoms with Crippen LogP contribution in [0.1, 0.15) is 39.5 Å². The van der Waals surface area contributed by atoms with Crippen LogP contribution in [0.25, 0.3) is 0 Å². The molecule has 5 nitrogen and oxygen atoms in total. The topological polar surface area (TPSA) is 61.8 Å². The molecule has 0 bridgehead atoms. The van der Waals surface area contributed by atoms with Crippen LogP contribution in [0.5, 0.6) is 0 Å². The zero-order valence-electron chi connectivity index (χ0n) is 11.4. The van der Waals surface area contributed by atoms with Crippen LogP contribution in [0.15, 0.2) is 0 Å². The lowest BCUT2D eigenvalue weighted by Crippen LogP contribution is -2.38. The van der Waals surface area contributed by atoms with E-state index in [-0.39, 0.29) is 13.0 Å². The third-order valence-electron chi connectivity index (χ3n) is 2.90. The molecule has 19 heavy (non-hydrogen) atoms. The van der Waals surface area contributed by atoms with Gasteiger partial charge in [-0.2, -0.15) is 0 Å². The Hall–Kier alpha value is -0.620. The lowest BCUT2D eigenvalue weighted by atomic mass is 10.1. The van der Waals surface area contributed by atoms with Gasteiger partial charge in [-0.15, -0.1) is 0 Å². The number of hydrogen-bond acceptors (Lipinski definition) is 5. The van der Waals surface area contributed by atoms with Crippen LogP contribution in [0.4, 0.5) is 0 Å². The van der Waals surface area contributed by atoms with Gasteiger partial charge in [-0.3, -0.25) is 0 Å². The minimum atomic E-state index is -1.36. The molecular formula is C13H21BrO5. The maximum atomic E-state index is 11.7. The second-order valence-electron chi connectivity index (χ2n) is 4.54. The Labute approximate surface area is 122 Å². The van der Waals surface area contributed by atoms with Crippen molar-refractivity contribution in [2.24, 2.45) is 0 Å². The summed E-state index contributed by atoms with van der Waals surface area (Å²) in [6.07, 6.45) is 3.11. The first kappa shape index (κ1) is 16.4. The molecule has 1 aliphatic heterocycles. The van der Waals surface area contributed by atoms with Gasteiger partial charge in [0.05, 0.1) is 13.2 Å². The molecule has 0 aromatic carbocycles. The molecule has 0 spiro atoms. The molecular weight excluding hydrogens is 316 g/mol. The summed E-state index contributed by atoms with van der Waals surface area (Å²) in [6.45, 7) is 5.02. The summed E-state index contributed by atoms with van der Waals surface area (Å²) >= 11 is 3.15. The number of halogens is 1. The number of alkyl halides is 1. The highest BCUT2D eigenvalue weighted by molar-refractivity contribution is 9.10. The molecule has 6 heteroatoms. The second kappa shape index (κ2) is 7.85. The van der Waals surface area contributed by atoms with Crippen molar-refractivity contribution in [3.05, 3.63) is 0 Å². The SMILES string of the molecule is CCCCCOCC1CC(Br)(C(=O)OCC)C(=O)O1. The molecule has 110 valence electrons. The number of ether oxygens (including phenoxy) is 3. The number of hydrogen-bond donors (Lipinski definition) is 0. The molecule has 0 aromatic rings. The minimum Gasteiger partial charge on any atom is -0.465 e. The molecule has 1 saturated heterocycles. The Morgan fingerprint density at radius 2 is 2.21 bits per heavy atom. The van der Waals surface area contributed by atoms with Crippen molar-refractivity contribution in [1.82, 2.24) is 0 Å². The van der Waals surface area contributed by atoms with Crippen molar-refractivity contribution in [2.75, 3.05) is 19.8 Å². The molecule has 1 aliphatic rings. The number of rotatable bonds is 8. The van der Waals surface area contributed by atoms with Crippen molar-refractivity contribution in [3.8, 4) is 0 Å². The van der Waals surface area contributed by atoms with Gasteiger partial charge >= 0.3 is 11.9 Å². The number of carbonyl (C=O) groups excluding carboxylic acids is 2. The first-order chi connectivity index (χ1) is 9.04. The van der Waals surface area contributed by atoms with Gasteiger partial charge in [0.25, 0.3) is 0 Å². The number of unbranched alkanes of at least 4 members (excludes halogenated alkanes) is 2. The monoisotopic (exact) mass is 336 g/mol. The molecule has 2 atom stereocenters. The first-order valence-electron chi connectivity index (χ1n) is 6.69. The average molecular weight is 337 g/mol. The fraction of sp³-hybridized carbons (Fsp3) is 0.846. The normalized spacial score (nSPS) is 26.3. The predicted molar refractivity (Wildman–Crippen MR) is 73.1 cm³/mol. The number of carbonyl (C=O) groups is 2. The molecule has 2 unspecified atom stereocenters. The van der Waals surface area contributed by atoms with Crippen LogP contribution in [-0.4, -0.2) is 42.2 Å². The summed E-state index contributed by atoms with van der Waals surface area (Å²) in [5, 5.41) is 0. The highest BCUT2D eigenvalue weighted by atomic mass is 79.9. The molecule has 1 rings (SSSR count). The fourth-order valence-electron chi connectivity index (χ4n) is 1.86. The summed E-state index contributed by atoms with van der Waals surface area (Å²) in [5.41, 5.74) is 0. The minimum absolute atomic E-state index is 0.234. The molecule has 0 aliphatic carbocycles. The van der Waals surface area contributed by atoms with E-state index in [1.165, 1.54) is 0 Å². The van der Waals surface area contributed by atoms with Gasteiger partial charge in [-0.1, -0.05) is 35.7 Å². The summed E-state index contributed by atoms with van der Waals surface area (Å²) in [6, 6.07) is 0. The lowest BCUT2D eigenvalue weighted by Gasteiger charge is -2.14. The molecule has 1 fully saturated rings. The third-order valence-corrected chi connectivity index (χ3v) is 3.87. The van der Waals surface area contributed by atoms with E-state index in [1.807, 2.05) is 0 Å². The summed E-state index contributed by atoms with van der Waals surface area (Å²) in [5.74, 6) is -1.18. The van der Waals surface area contributed by atoms with Gasteiger partial charge in [0, 0.05) is 13.0 Å². The van der Waals surface area contributed by atoms with E-state index in [9.17, 15) is 9.59 Å². The van der Waals surface area contributed by atoms with Crippen LogP contribution < -0.4 is 0 Å². The molecule has 0 amide bonds. The van der Waals surface area contributed by atoms with Crippen molar-refractivity contribution in [2.45, 2.75) is 50.0 Å². The Morgan fingerprint density at radius 1 is 1.47 bits per heavy atom. The van der Waals surface area contributed by atoms with Crippen LogP contribution in [0.2, 0.25) is 0 Å². The van der Waals surface area contributed by atoms with Gasteiger partial charge in [-0.05, 0) is 13.3 Å². The van der Waals surface area contributed by atoms with Crippen LogP contribution >= 0.6 is 15.9 Å². The van der Waals surface area contributed by atoms with Crippen LogP contribution in [0, 0.1) is 0 Å². The van der Waals surface area contributed by atoms with Crippen molar-refractivity contribution in [3.63, 3.8) is 0 Å². The quantitative estimate of drug-likeness (QED) is 0.294. The number of esters is 2. The van der Waals surface area contributed by atoms with Crippen molar-refractivity contribution in [1.29, 1.82) is 0 Å². The maximum absolute atomic E-state index is 11.7. The molecule has 0 saturated carbocycles.